The van der Waals surface area contributed by atoms with Crippen LogP contribution in [0.1, 0.15) is 16.1 Å². The van der Waals surface area contributed by atoms with Gasteiger partial charge in [0.25, 0.3) is 5.91 Å². The van der Waals surface area contributed by atoms with Gasteiger partial charge in [0.1, 0.15) is 5.82 Å². The van der Waals surface area contributed by atoms with Crippen LogP contribution in [0.5, 0.6) is 0 Å². The zero-order valence-electron chi connectivity index (χ0n) is 11.3. The Balaban J connectivity index is 1.88. The Morgan fingerprint density at radius 3 is 2.67 bits per heavy atom. The van der Waals surface area contributed by atoms with Crippen molar-refractivity contribution in [3.05, 3.63) is 59.8 Å². The number of aromatic amines is 2. The second-order valence-electron chi connectivity index (χ2n) is 4.68. The molecule has 0 aliphatic rings. The fraction of sp³-hybridized carbons (Fsp3) is 0.0667. The van der Waals surface area contributed by atoms with E-state index in [9.17, 15) is 9.18 Å². The number of H-pyrrole nitrogens is 2. The second-order valence-corrected chi connectivity index (χ2v) is 4.68. The summed E-state index contributed by atoms with van der Waals surface area (Å²) in [5.74, 6) is -0.127. The Labute approximate surface area is 120 Å². The van der Waals surface area contributed by atoms with Crippen LogP contribution in [0.15, 0.2) is 42.7 Å². The Kier molecular flexibility index (Phi) is 3.27. The Morgan fingerprint density at radius 2 is 2.00 bits per heavy atom. The maximum Gasteiger partial charge on any atom is 0.259 e. The molecule has 2 heterocycles. The van der Waals surface area contributed by atoms with Gasteiger partial charge in [0, 0.05) is 29.7 Å². The van der Waals surface area contributed by atoms with Crippen LogP contribution in [0.2, 0.25) is 0 Å². The molecule has 0 aliphatic carbocycles. The van der Waals surface area contributed by atoms with Crippen molar-refractivity contribution in [1.29, 1.82) is 0 Å². The van der Waals surface area contributed by atoms with E-state index in [0.717, 1.165) is 11.3 Å². The quantitative estimate of drug-likeness (QED) is 0.691. The van der Waals surface area contributed by atoms with Gasteiger partial charge in [-0.05, 0) is 24.6 Å². The van der Waals surface area contributed by atoms with Gasteiger partial charge >= 0.3 is 0 Å². The van der Waals surface area contributed by atoms with E-state index in [1.54, 1.807) is 30.6 Å². The minimum absolute atomic E-state index is 0.276. The van der Waals surface area contributed by atoms with Crippen LogP contribution in [-0.4, -0.2) is 21.1 Å². The van der Waals surface area contributed by atoms with E-state index in [1.165, 1.54) is 12.1 Å². The van der Waals surface area contributed by atoms with Crippen LogP contribution < -0.4 is 5.32 Å². The zero-order chi connectivity index (χ0) is 14.8. The molecule has 3 aromatic rings. The molecule has 6 heteroatoms. The van der Waals surface area contributed by atoms with Crippen molar-refractivity contribution in [2.45, 2.75) is 6.92 Å². The van der Waals surface area contributed by atoms with E-state index >= 15 is 0 Å². The Hall–Kier alpha value is -2.89. The van der Waals surface area contributed by atoms with E-state index in [-0.39, 0.29) is 11.7 Å². The fourth-order valence-electron chi connectivity index (χ4n) is 2.09. The first kappa shape index (κ1) is 13.1. The Bertz CT molecular complexity index is 773. The summed E-state index contributed by atoms with van der Waals surface area (Å²) in [6.07, 6.45) is 3.31. The number of benzene rings is 1. The minimum Gasteiger partial charge on any atom is -0.366 e. The molecular weight excluding hydrogens is 271 g/mol. The van der Waals surface area contributed by atoms with Gasteiger partial charge in [-0.2, -0.15) is 5.10 Å². The monoisotopic (exact) mass is 284 g/mol. The molecule has 1 amide bonds. The summed E-state index contributed by atoms with van der Waals surface area (Å²) in [6.45, 7) is 1.85. The number of halogens is 1. The van der Waals surface area contributed by atoms with Gasteiger partial charge in [0.15, 0.2) is 5.82 Å². The van der Waals surface area contributed by atoms with Crippen molar-refractivity contribution in [3.8, 4) is 11.1 Å². The van der Waals surface area contributed by atoms with E-state index in [1.807, 2.05) is 6.92 Å². The molecule has 0 fully saturated rings. The van der Waals surface area contributed by atoms with Gasteiger partial charge in [0.2, 0.25) is 0 Å². The molecule has 106 valence electrons. The van der Waals surface area contributed by atoms with Crippen molar-refractivity contribution < 1.29 is 9.18 Å². The number of nitrogens with one attached hydrogen (secondary N) is 3. The highest BCUT2D eigenvalue weighted by Gasteiger charge is 2.15. The maximum absolute atomic E-state index is 13.0. The summed E-state index contributed by atoms with van der Waals surface area (Å²) >= 11 is 0. The molecule has 0 spiro atoms. The number of anilines is 1. The van der Waals surface area contributed by atoms with E-state index < -0.39 is 0 Å². The number of carbonyl (C=O) groups is 1. The van der Waals surface area contributed by atoms with Crippen LogP contribution >= 0.6 is 0 Å². The molecule has 0 unspecified atom stereocenters. The first-order valence-corrected chi connectivity index (χ1v) is 6.39. The lowest BCUT2D eigenvalue weighted by molar-refractivity contribution is 0.102. The third kappa shape index (κ3) is 2.69. The summed E-state index contributed by atoms with van der Waals surface area (Å²) in [6, 6.07) is 7.73. The van der Waals surface area contributed by atoms with E-state index in [2.05, 4.69) is 20.5 Å². The van der Waals surface area contributed by atoms with Crippen LogP contribution in [0, 0.1) is 12.7 Å². The predicted molar refractivity (Wildman–Crippen MR) is 77.5 cm³/mol. The summed E-state index contributed by atoms with van der Waals surface area (Å²) in [4.78, 5) is 15.2. The zero-order valence-corrected chi connectivity index (χ0v) is 11.3. The molecule has 0 saturated carbocycles. The molecule has 0 aliphatic heterocycles. The number of amides is 1. The lowest BCUT2D eigenvalue weighted by Crippen LogP contribution is -2.12. The van der Waals surface area contributed by atoms with Gasteiger partial charge in [-0.3, -0.25) is 9.89 Å². The highest BCUT2D eigenvalue weighted by molar-refractivity contribution is 6.08. The van der Waals surface area contributed by atoms with E-state index in [4.69, 9.17) is 0 Å². The Morgan fingerprint density at radius 1 is 1.24 bits per heavy atom. The first-order chi connectivity index (χ1) is 10.1. The average Bonchev–Trinajstić information content (AvgIpc) is 3.09. The van der Waals surface area contributed by atoms with Crippen LogP contribution in [-0.2, 0) is 0 Å². The van der Waals surface area contributed by atoms with Crippen molar-refractivity contribution in [1.82, 2.24) is 15.2 Å². The molecule has 3 N–H and O–H groups in total. The lowest BCUT2D eigenvalue weighted by atomic mass is 10.0. The SMILES string of the molecule is Cc1cc(NC(=O)c2c[nH]cc2-c2ccc(F)cc2)n[nH]1. The molecule has 0 atom stereocenters. The number of nitrogens with zero attached hydrogens (tertiary/aromatic N) is 1. The van der Waals surface area contributed by atoms with Crippen LogP contribution in [0.4, 0.5) is 10.2 Å². The van der Waals surface area contributed by atoms with Gasteiger partial charge in [0.05, 0.1) is 5.56 Å². The molecule has 2 aromatic heterocycles. The normalized spacial score (nSPS) is 10.6. The summed E-state index contributed by atoms with van der Waals surface area (Å²) in [5, 5.41) is 9.43. The van der Waals surface area contributed by atoms with Gasteiger partial charge < -0.3 is 10.3 Å². The molecule has 0 saturated heterocycles. The summed E-state index contributed by atoms with van der Waals surface area (Å²) in [7, 11) is 0. The number of hydrogen-bond acceptors (Lipinski definition) is 2. The standard InChI is InChI=1S/C15H13FN4O/c1-9-6-14(20-19-9)18-15(21)13-8-17-7-12(13)10-2-4-11(16)5-3-10/h2-8,17H,1H3,(H2,18,19,20,21). The molecule has 0 radical (unpaired) electrons. The molecular formula is C15H13FN4O. The minimum atomic E-state index is -0.313. The fourth-order valence-corrected chi connectivity index (χ4v) is 2.09. The number of carbonyl (C=O) groups excluding carboxylic acids is 1. The van der Waals surface area contributed by atoms with Gasteiger partial charge in [-0.15, -0.1) is 0 Å². The average molecular weight is 284 g/mol. The topological polar surface area (TPSA) is 73.6 Å². The van der Waals surface area contributed by atoms with Gasteiger partial charge in [-0.1, -0.05) is 12.1 Å². The third-order valence-corrected chi connectivity index (χ3v) is 3.09. The van der Waals surface area contributed by atoms with Gasteiger partial charge in [-0.25, -0.2) is 4.39 Å². The largest absolute Gasteiger partial charge is 0.366 e. The predicted octanol–water partition coefficient (Wildman–Crippen LogP) is 3.10. The van der Waals surface area contributed by atoms with Crippen molar-refractivity contribution >= 4 is 11.7 Å². The van der Waals surface area contributed by atoms with Crippen molar-refractivity contribution in [2.75, 3.05) is 5.32 Å². The van der Waals surface area contributed by atoms with Crippen molar-refractivity contribution in [2.24, 2.45) is 0 Å². The molecule has 5 nitrogen and oxygen atoms in total. The summed E-state index contributed by atoms with van der Waals surface area (Å²) < 4.78 is 13.0. The maximum atomic E-state index is 13.0. The van der Waals surface area contributed by atoms with Crippen molar-refractivity contribution in [3.63, 3.8) is 0 Å². The lowest BCUT2D eigenvalue weighted by Gasteiger charge is -2.04. The third-order valence-electron chi connectivity index (χ3n) is 3.09. The molecule has 0 bridgehead atoms. The second kappa shape index (κ2) is 5.24. The number of aryl methyl sites for hydroxylation is 1. The molecule has 3 rings (SSSR count). The number of hydrogen-bond donors (Lipinski definition) is 3. The smallest absolute Gasteiger partial charge is 0.259 e. The van der Waals surface area contributed by atoms with E-state index in [0.29, 0.717) is 16.9 Å². The van der Waals surface area contributed by atoms with Crippen LogP contribution in [0.3, 0.4) is 0 Å². The highest BCUT2D eigenvalue weighted by atomic mass is 19.1. The highest BCUT2D eigenvalue weighted by Crippen LogP contribution is 2.24. The molecule has 1 aromatic carbocycles. The number of aromatic nitrogens is 3. The van der Waals surface area contributed by atoms with Crippen LogP contribution in [0.25, 0.3) is 11.1 Å². The summed E-state index contributed by atoms with van der Waals surface area (Å²) in [5.41, 5.74) is 2.81. The molecule has 21 heavy (non-hydrogen) atoms. The first-order valence-electron chi connectivity index (χ1n) is 6.39. The number of rotatable bonds is 3.